The van der Waals surface area contributed by atoms with Crippen LogP contribution in [0, 0.1) is 5.92 Å². The molecule has 1 aromatic heterocycles. The SMILES string of the molecule is COc1ccccc1Oc1nc(N2CCC(C)CC2)nc2c1CN(S(=O)(=O)c1ccccc1)CC2. The molecular weight excluding hydrogens is 464 g/mol. The van der Waals surface area contributed by atoms with Crippen molar-refractivity contribution in [2.75, 3.05) is 31.6 Å². The van der Waals surface area contributed by atoms with E-state index in [1.54, 1.807) is 37.4 Å². The Balaban J connectivity index is 1.53. The molecule has 0 aliphatic carbocycles. The second-order valence-electron chi connectivity index (χ2n) is 9.08. The normalized spacial score (nSPS) is 17.1. The summed E-state index contributed by atoms with van der Waals surface area (Å²) in [7, 11) is -2.07. The average Bonchev–Trinajstić information content (AvgIpc) is 2.89. The molecule has 2 aliphatic rings. The number of hydrogen-bond donors (Lipinski definition) is 0. The number of aromatic nitrogens is 2. The fourth-order valence-corrected chi connectivity index (χ4v) is 5.96. The Kier molecular flexibility index (Phi) is 6.62. The van der Waals surface area contributed by atoms with Gasteiger partial charge in [-0.15, -0.1) is 0 Å². The van der Waals surface area contributed by atoms with Gasteiger partial charge in [0.2, 0.25) is 21.9 Å². The van der Waals surface area contributed by atoms with Crippen LogP contribution in [0.3, 0.4) is 0 Å². The molecule has 184 valence electrons. The molecule has 9 heteroatoms. The zero-order valence-electron chi connectivity index (χ0n) is 20.1. The molecule has 2 aromatic carbocycles. The van der Waals surface area contributed by atoms with Crippen LogP contribution in [0.4, 0.5) is 5.95 Å². The Hall–Kier alpha value is -3.17. The van der Waals surface area contributed by atoms with Gasteiger partial charge in [-0.3, -0.25) is 0 Å². The summed E-state index contributed by atoms with van der Waals surface area (Å²) in [6, 6.07) is 15.9. The van der Waals surface area contributed by atoms with Gasteiger partial charge in [-0.05, 0) is 43.0 Å². The fraction of sp³-hybridized carbons (Fsp3) is 0.385. The van der Waals surface area contributed by atoms with Crippen molar-refractivity contribution in [2.45, 2.75) is 37.6 Å². The molecule has 1 fully saturated rings. The first-order valence-corrected chi connectivity index (χ1v) is 13.4. The summed E-state index contributed by atoms with van der Waals surface area (Å²) in [6.07, 6.45) is 2.67. The Labute approximate surface area is 206 Å². The number of para-hydroxylation sites is 2. The monoisotopic (exact) mass is 494 g/mol. The minimum Gasteiger partial charge on any atom is -0.493 e. The third-order valence-electron chi connectivity index (χ3n) is 6.70. The number of nitrogens with zero attached hydrogens (tertiary/aromatic N) is 4. The molecule has 0 radical (unpaired) electrons. The van der Waals surface area contributed by atoms with Crippen LogP contribution in [0.15, 0.2) is 59.5 Å². The standard InChI is InChI=1S/C26H30N4O4S/c1-19-12-15-29(16-13-19)26-27-22-14-17-30(35(31,32)20-8-4-3-5-9-20)18-21(22)25(28-26)34-24-11-7-6-10-23(24)33-2/h3-11,19H,12-18H2,1-2H3. The third kappa shape index (κ3) is 4.83. The van der Waals surface area contributed by atoms with Crippen LogP contribution in [0.25, 0.3) is 0 Å². The van der Waals surface area contributed by atoms with Crippen LogP contribution < -0.4 is 14.4 Å². The first-order valence-electron chi connectivity index (χ1n) is 12.0. The molecule has 0 amide bonds. The van der Waals surface area contributed by atoms with E-state index in [2.05, 4.69) is 11.8 Å². The van der Waals surface area contributed by atoms with E-state index in [0.29, 0.717) is 47.8 Å². The van der Waals surface area contributed by atoms with Gasteiger partial charge in [0, 0.05) is 32.6 Å². The molecule has 8 nitrogen and oxygen atoms in total. The maximum absolute atomic E-state index is 13.3. The number of fused-ring (bicyclic) bond motifs is 1. The lowest BCUT2D eigenvalue weighted by molar-refractivity contribution is 0.352. The van der Waals surface area contributed by atoms with Crippen molar-refractivity contribution in [3.05, 3.63) is 65.9 Å². The van der Waals surface area contributed by atoms with E-state index >= 15 is 0 Å². The van der Waals surface area contributed by atoms with Crippen LogP contribution in [-0.2, 0) is 23.0 Å². The van der Waals surface area contributed by atoms with Gasteiger partial charge in [0.1, 0.15) is 0 Å². The lowest BCUT2D eigenvalue weighted by atomic mass is 9.99. The molecule has 3 heterocycles. The summed E-state index contributed by atoms with van der Waals surface area (Å²) in [5, 5.41) is 0. The Morgan fingerprint density at radius 3 is 2.31 bits per heavy atom. The summed E-state index contributed by atoms with van der Waals surface area (Å²) in [6.45, 7) is 4.55. The molecule has 0 saturated carbocycles. The number of ether oxygens (including phenoxy) is 2. The number of anilines is 1. The van der Waals surface area contributed by atoms with Crippen molar-refractivity contribution in [3.63, 3.8) is 0 Å². The Morgan fingerprint density at radius 2 is 1.60 bits per heavy atom. The molecule has 2 aliphatic heterocycles. The van der Waals surface area contributed by atoms with Crippen LogP contribution in [0.1, 0.15) is 31.0 Å². The maximum Gasteiger partial charge on any atom is 0.243 e. The summed E-state index contributed by atoms with van der Waals surface area (Å²) >= 11 is 0. The number of benzene rings is 2. The number of piperidine rings is 1. The minimum atomic E-state index is -3.66. The Bertz CT molecular complexity index is 1290. The molecule has 1 saturated heterocycles. The molecule has 3 aromatic rings. The Morgan fingerprint density at radius 1 is 0.914 bits per heavy atom. The van der Waals surface area contributed by atoms with Crippen molar-refractivity contribution in [2.24, 2.45) is 5.92 Å². The van der Waals surface area contributed by atoms with E-state index in [4.69, 9.17) is 19.4 Å². The molecule has 0 N–H and O–H groups in total. The lowest BCUT2D eigenvalue weighted by Crippen LogP contribution is -2.38. The van der Waals surface area contributed by atoms with Crippen LogP contribution in [0.2, 0.25) is 0 Å². The second kappa shape index (κ2) is 9.83. The summed E-state index contributed by atoms with van der Waals surface area (Å²) in [5.74, 6) is 2.81. The molecule has 5 rings (SSSR count). The van der Waals surface area contributed by atoms with E-state index < -0.39 is 10.0 Å². The molecular formula is C26H30N4O4S. The van der Waals surface area contributed by atoms with Gasteiger partial charge in [0.15, 0.2) is 11.5 Å². The van der Waals surface area contributed by atoms with E-state index in [-0.39, 0.29) is 11.4 Å². The zero-order valence-corrected chi connectivity index (χ0v) is 20.9. The number of rotatable bonds is 6. The van der Waals surface area contributed by atoms with Gasteiger partial charge in [-0.2, -0.15) is 9.29 Å². The lowest BCUT2D eigenvalue weighted by Gasteiger charge is -2.33. The summed E-state index contributed by atoms with van der Waals surface area (Å²) in [4.78, 5) is 12.2. The van der Waals surface area contributed by atoms with E-state index in [1.807, 2.05) is 24.3 Å². The number of sulfonamides is 1. The van der Waals surface area contributed by atoms with Gasteiger partial charge in [-0.25, -0.2) is 13.4 Å². The molecule has 0 spiro atoms. The summed E-state index contributed by atoms with van der Waals surface area (Å²) in [5.41, 5.74) is 1.52. The largest absolute Gasteiger partial charge is 0.493 e. The minimum absolute atomic E-state index is 0.147. The van der Waals surface area contributed by atoms with Crippen LogP contribution in [0.5, 0.6) is 17.4 Å². The van der Waals surface area contributed by atoms with Gasteiger partial charge in [-0.1, -0.05) is 37.3 Å². The highest BCUT2D eigenvalue weighted by atomic mass is 32.2. The predicted octanol–water partition coefficient (Wildman–Crippen LogP) is 4.26. The van der Waals surface area contributed by atoms with E-state index in [1.165, 1.54) is 4.31 Å². The van der Waals surface area contributed by atoms with Gasteiger partial charge >= 0.3 is 0 Å². The zero-order chi connectivity index (χ0) is 24.4. The highest BCUT2D eigenvalue weighted by Gasteiger charge is 2.33. The second-order valence-corrected chi connectivity index (χ2v) is 11.0. The third-order valence-corrected chi connectivity index (χ3v) is 8.56. The quantitative estimate of drug-likeness (QED) is 0.506. The highest BCUT2D eigenvalue weighted by molar-refractivity contribution is 7.89. The van der Waals surface area contributed by atoms with Crippen molar-refractivity contribution >= 4 is 16.0 Å². The topological polar surface area (TPSA) is 84.9 Å². The first-order chi connectivity index (χ1) is 17.0. The van der Waals surface area contributed by atoms with E-state index in [0.717, 1.165) is 31.6 Å². The smallest absolute Gasteiger partial charge is 0.243 e. The van der Waals surface area contributed by atoms with Crippen molar-refractivity contribution in [3.8, 4) is 17.4 Å². The van der Waals surface area contributed by atoms with Crippen molar-refractivity contribution < 1.29 is 17.9 Å². The van der Waals surface area contributed by atoms with Gasteiger partial charge in [0.05, 0.1) is 23.3 Å². The average molecular weight is 495 g/mol. The van der Waals surface area contributed by atoms with Crippen LogP contribution in [-0.4, -0.2) is 49.4 Å². The number of hydrogen-bond acceptors (Lipinski definition) is 7. The molecule has 35 heavy (non-hydrogen) atoms. The first kappa shape index (κ1) is 23.6. The summed E-state index contributed by atoms with van der Waals surface area (Å²) < 4.78 is 39.9. The molecule has 0 bridgehead atoms. The highest BCUT2D eigenvalue weighted by Crippen LogP contribution is 2.37. The molecule has 0 atom stereocenters. The van der Waals surface area contributed by atoms with Gasteiger partial charge in [0.25, 0.3) is 0 Å². The van der Waals surface area contributed by atoms with Crippen molar-refractivity contribution in [1.82, 2.24) is 14.3 Å². The predicted molar refractivity (Wildman–Crippen MR) is 133 cm³/mol. The number of methoxy groups -OCH3 is 1. The van der Waals surface area contributed by atoms with Crippen LogP contribution >= 0.6 is 0 Å². The van der Waals surface area contributed by atoms with Crippen molar-refractivity contribution in [1.29, 1.82) is 0 Å². The van der Waals surface area contributed by atoms with E-state index in [9.17, 15) is 8.42 Å². The maximum atomic E-state index is 13.3. The molecule has 0 unspecified atom stereocenters. The fourth-order valence-electron chi connectivity index (χ4n) is 4.54. The van der Waals surface area contributed by atoms with Gasteiger partial charge < -0.3 is 14.4 Å².